The zero-order valence-electron chi connectivity index (χ0n) is 11.2. The Bertz CT molecular complexity index is 423. The molecule has 3 N–H and O–H groups in total. The molecule has 0 aliphatic rings. The first-order chi connectivity index (χ1) is 9.00. The van der Waals surface area contributed by atoms with Crippen molar-refractivity contribution in [2.45, 2.75) is 39.7 Å². The largest absolute Gasteiger partial charge is 0.481 e. The fourth-order valence-electron chi connectivity index (χ4n) is 1.59. The van der Waals surface area contributed by atoms with Gasteiger partial charge in [0.05, 0.1) is 5.69 Å². The molecule has 1 heterocycles. The normalized spacial score (nSPS) is 10.2. The summed E-state index contributed by atoms with van der Waals surface area (Å²) in [5, 5.41) is 17.6. The monoisotopic (exact) mass is 269 g/mol. The SMILES string of the molecule is Cc1noc(C)c1CNC(=O)NCCCCC(=O)O. The van der Waals surface area contributed by atoms with E-state index >= 15 is 0 Å². The van der Waals surface area contributed by atoms with Crippen LogP contribution in [0.15, 0.2) is 4.52 Å². The maximum absolute atomic E-state index is 11.5. The molecule has 0 aromatic carbocycles. The first-order valence-corrected chi connectivity index (χ1v) is 6.16. The summed E-state index contributed by atoms with van der Waals surface area (Å²) >= 11 is 0. The molecule has 0 aliphatic heterocycles. The van der Waals surface area contributed by atoms with Crippen molar-refractivity contribution in [3.05, 3.63) is 17.0 Å². The quantitative estimate of drug-likeness (QED) is 0.648. The molecule has 1 rings (SSSR count). The van der Waals surface area contributed by atoms with Crippen molar-refractivity contribution >= 4 is 12.0 Å². The van der Waals surface area contributed by atoms with Crippen LogP contribution in [-0.2, 0) is 11.3 Å². The second kappa shape index (κ2) is 7.40. The number of nitrogens with zero attached hydrogens (tertiary/aromatic N) is 1. The lowest BCUT2D eigenvalue weighted by Gasteiger charge is -2.06. The van der Waals surface area contributed by atoms with Gasteiger partial charge in [-0.05, 0) is 26.7 Å². The molecule has 0 fully saturated rings. The van der Waals surface area contributed by atoms with E-state index in [0.29, 0.717) is 31.7 Å². The molecule has 1 aromatic rings. The molecule has 0 saturated heterocycles. The Labute approximate surface area is 111 Å². The van der Waals surface area contributed by atoms with Crippen LogP contribution in [0.2, 0.25) is 0 Å². The zero-order chi connectivity index (χ0) is 14.3. The van der Waals surface area contributed by atoms with Crippen molar-refractivity contribution in [3.8, 4) is 0 Å². The van der Waals surface area contributed by atoms with Crippen LogP contribution in [0.1, 0.15) is 36.3 Å². The molecule has 0 bridgehead atoms. The molecule has 0 atom stereocenters. The molecule has 0 spiro atoms. The molecule has 0 aliphatic carbocycles. The Morgan fingerprint density at radius 2 is 2.00 bits per heavy atom. The maximum Gasteiger partial charge on any atom is 0.315 e. The summed E-state index contributed by atoms with van der Waals surface area (Å²) in [5.74, 6) is -0.123. The fourth-order valence-corrected chi connectivity index (χ4v) is 1.59. The summed E-state index contributed by atoms with van der Waals surface area (Å²) in [6.07, 6.45) is 1.33. The molecule has 7 heteroatoms. The van der Waals surface area contributed by atoms with E-state index in [0.717, 1.165) is 11.3 Å². The first-order valence-electron chi connectivity index (χ1n) is 6.16. The third-order valence-corrected chi connectivity index (χ3v) is 2.71. The van der Waals surface area contributed by atoms with Crippen LogP contribution in [0.5, 0.6) is 0 Å². The minimum absolute atomic E-state index is 0.127. The topological polar surface area (TPSA) is 104 Å². The van der Waals surface area contributed by atoms with Crippen LogP contribution >= 0.6 is 0 Å². The summed E-state index contributed by atoms with van der Waals surface area (Å²) in [7, 11) is 0. The van der Waals surface area contributed by atoms with Gasteiger partial charge in [0.1, 0.15) is 5.76 Å². The lowest BCUT2D eigenvalue weighted by molar-refractivity contribution is -0.137. The molecule has 1 aromatic heterocycles. The number of hydrogen-bond acceptors (Lipinski definition) is 4. The highest BCUT2D eigenvalue weighted by Gasteiger charge is 2.09. The highest BCUT2D eigenvalue weighted by molar-refractivity contribution is 5.73. The van der Waals surface area contributed by atoms with E-state index in [1.165, 1.54) is 0 Å². The highest BCUT2D eigenvalue weighted by Crippen LogP contribution is 2.11. The van der Waals surface area contributed by atoms with E-state index in [9.17, 15) is 9.59 Å². The van der Waals surface area contributed by atoms with E-state index in [1.54, 1.807) is 6.92 Å². The molecule has 2 amide bonds. The van der Waals surface area contributed by atoms with Crippen molar-refractivity contribution in [2.75, 3.05) is 6.54 Å². The van der Waals surface area contributed by atoms with Crippen molar-refractivity contribution in [1.29, 1.82) is 0 Å². The third-order valence-electron chi connectivity index (χ3n) is 2.71. The molecular formula is C12H19N3O4. The number of aromatic nitrogens is 1. The Morgan fingerprint density at radius 1 is 1.26 bits per heavy atom. The Kier molecular flexibility index (Phi) is 5.84. The average molecular weight is 269 g/mol. The average Bonchev–Trinajstić information content (AvgIpc) is 2.66. The highest BCUT2D eigenvalue weighted by atomic mass is 16.5. The third kappa shape index (κ3) is 5.41. The van der Waals surface area contributed by atoms with E-state index in [-0.39, 0.29) is 12.5 Å². The van der Waals surface area contributed by atoms with E-state index in [2.05, 4.69) is 15.8 Å². The van der Waals surface area contributed by atoms with Gasteiger partial charge < -0.3 is 20.3 Å². The summed E-state index contributed by atoms with van der Waals surface area (Å²) in [4.78, 5) is 21.7. The van der Waals surface area contributed by atoms with Crippen LogP contribution < -0.4 is 10.6 Å². The minimum atomic E-state index is -0.817. The summed E-state index contributed by atoms with van der Waals surface area (Å²) in [5.41, 5.74) is 1.64. The van der Waals surface area contributed by atoms with Crippen LogP contribution in [0.4, 0.5) is 4.79 Å². The van der Waals surface area contributed by atoms with Gasteiger partial charge in [0.15, 0.2) is 0 Å². The molecule has 0 unspecified atom stereocenters. The second-order valence-electron chi connectivity index (χ2n) is 4.26. The second-order valence-corrected chi connectivity index (χ2v) is 4.26. The number of amides is 2. The number of aliphatic carboxylic acids is 1. The Balaban J connectivity index is 2.16. The lowest BCUT2D eigenvalue weighted by Crippen LogP contribution is -2.35. The number of carbonyl (C=O) groups is 2. The number of carboxylic acid groups (broad SMARTS) is 1. The van der Waals surface area contributed by atoms with Crippen LogP contribution in [0, 0.1) is 13.8 Å². The van der Waals surface area contributed by atoms with Crippen molar-refractivity contribution in [3.63, 3.8) is 0 Å². The van der Waals surface area contributed by atoms with Crippen molar-refractivity contribution in [1.82, 2.24) is 15.8 Å². The number of aryl methyl sites for hydroxylation is 2. The van der Waals surface area contributed by atoms with Gasteiger partial charge in [0.25, 0.3) is 0 Å². The number of unbranched alkanes of at least 4 members (excludes halogenated alkanes) is 1. The van der Waals surface area contributed by atoms with Gasteiger partial charge >= 0.3 is 12.0 Å². The lowest BCUT2D eigenvalue weighted by atomic mass is 10.2. The van der Waals surface area contributed by atoms with E-state index < -0.39 is 5.97 Å². The molecule has 7 nitrogen and oxygen atoms in total. The summed E-state index contributed by atoms with van der Waals surface area (Å²) in [6.45, 7) is 4.43. The Morgan fingerprint density at radius 3 is 2.58 bits per heavy atom. The van der Waals surface area contributed by atoms with Gasteiger partial charge in [-0.15, -0.1) is 0 Å². The molecule has 106 valence electrons. The van der Waals surface area contributed by atoms with Crippen LogP contribution in [-0.4, -0.2) is 28.8 Å². The number of carbonyl (C=O) groups excluding carboxylic acids is 1. The van der Waals surface area contributed by atoms with E-state index in [4.69, 9.17) is 9.63 Å². The summed E-state index contributed by atoms with van der Waals surface area (Å²) < 4.78 is 4.99. The molecule has 0 radical (unpaired) electrons. The fraction of sp³-hybridized carbons (Fsp3) is 0.583. The standard InChI is InChI=1S/C12H19N3O4/c1-8-10(9(2)19-15-8)7-14-12(18)13-6-4-3-5-11(16)17/h3-7H2,1-2H3,(H,16,17)(H2,13,14,18). The predicted octanol–water partition coefficient (Wildman–Crippen LogP) is 1.35. The van der Waals surface area contributed by atoms with Gasteiger partial charge in [-0.3, -0.25) is 4.79 Å². The first kappa shape index (κ1) is 15.0. The predicted molar refractivity (Wildman–Crippen MR) is 67.7 cm³/mol. The summed E-state index contributed by atoms with van der Waals surface area (Å²) in [6, 6.07) is -0.282. The zero-order valence-corrected chi connectivity index (χ0v) is 11.2. The van der Waals surface area contributed by atoms with Gasteiger partial charge in [0, 0.05) is 25.1 Å². The van der Waals surface area contributed by atoms with Crippen LogP contribution in [0.25, 0.3) is 0 Å². The molecular weight excluding hydrogens is 250 g/mol. The van der Waals surface area contributed by atoms with Gasteiger partial charge in [-0.1, -0.05) is 5.16 Å². The van der Waals surface area contributed by atoms with Crippen molar-refractivity contribution < 1.29 is 19.2 Å². The number of hydrogen-bond donors (Lipinski definition) is 3. The number of nitrogens with one attached hydrogen (secondary N) is 2. The van der Waals surface area contributed by atoms with Gasteiger partial charge in [-0.2, -0.15) is 0 Å². The van der Waals surface area contributed by atoms with Crippen molar-refractivity contribution in [2.24, 2.45) is 0 Å². The smallest absolute Gasteiger partial charge is 0.315 e. The van der Waals surface area contributed by atoms with Gasteiger partial charge in [-0.25, -0.2) is 4.79 Å². The van der Waals surface area contributed by atoms with Crippen LogP contribution in [0.3, 0.4) is 0 Å². The van der Waals surface area contributed by atoms with E-state index in [1.807, 2.05) is 6.92 Å². The number of urea groups is 1. The Hall–Kier alpha value is -2.05. The molecule has 0 saturated carbocycles. The minimum Gasteiger partial charge on any atom is -0.481 e. The number of rotatable bonds is 7. The molecule has 19 heavy (non-hydrogen) atoms. The number of carboxylic acids is 1. The maximum atomic E-state index is 11.5. The van der Waals surface area contributed by atoms with Gasteiger partial charge in [0.2, 0.25) is 0 Å².